The third-order valence-electron chi connectivity index (χ3n) is 12.1. The number of likely N-dealkylation sites (N-methyl/N-ethyl adjacent to an activating group) is 1. The number of esters is 1. The van der Waals surface area contributed by atoms with Crippen molar-refractivity contribution in [3.63, 3.8) is 0 Å². The van der Waals surface area contributed by atoms with Gasteiger partial charge in [0.05, 0.1) is 33.8 Å². The lowest BCUT2D eigenvalue weighted by Gasteiger charge is -2.30. The van der Waals surface area contributed by atoms with Crippen molar-refractivity contribution in [2.75, 3.05) is 40.9 Å². The Morgan fingerprint density at radius 3 is 1.41 bits per heavy atom. The van der Waals surface area contributed by atoms with Crippen molar-refractivity contribution in [2.45, 2.75) is 245 Å². The predicted octanol–water partition coefficient (Wildman–Crippen LogP) is 16.4. The van der Waals surface area contributed by atoms with Crippen LogP contribution < -0.4 is 10.2 Å². The minimum absolute atomic E-state index is 0.0369. The van der Waals surface area contributed by atoms with E-state index < -0.39 is 32.5 Å². The van der Waals surface area contributed by atoms with Gasteiger partial charge in [-0.05, 0) is 96.0 Å². The molecule has 0 saturated heterocycles. The molecule has 1 N–H and O–H groups in total. The fraction of sp³-hybridized carbons (Fsp3) is 0.733. The molecule has 0 aliphatic rings. The highest BCUT2D eigenvalue weighted by Gasteiger charge is 2.27. The number of carbonyl (C=O) groups excluding carboxylic acids is 2. The molecule has 0 aliphatic carbocycles. The lowest BCUT2D eigenvalue weighted by molar-refractivity contribution is -0.870. The minimum Gasteiger partial charge on any atom is -0.756 e. The van der Waals surface area contributed by atoms with Crippen molar-refractivity contribution < 1.29 is 37.3 Å². The molecule has 0 fully saturated rings. The van der Waals surface area contributed by atoms with Gasteiger partial charge in [-0.25, -0.2) is 0 Å². The zero-order valence-electron chi connectivity index (χ0n) is 45.9. The van der Waals surface area contributed by atoms with Crippen LogP contribution in [0.15, 0.2) is 85.1 Å². The van der Waals surface area contributed by atoms with E-state index in [1.165, 1.54) is 103 Å². The second-order valence-electron chi connectivity index (χ2n) is 20.1. The molecule has 9 nitrogen and oxygen atoms in total. The number of allylic oxidation sites excluding steroid dienone is 13. The smallest absolute Gasteiger partial charge is 0.306 e. The fourth-order valence-corrected chi connectivity index (χ4v) is 8.39. The van der Waals surface area contributed by atoms with Crippen LogP contribution in [0.2, 0.25) is 0 Å². The molecule has 0 bridgehead atoms. The maximum atomic E-state index is 13.5. The maximum absolute atomic E-state index is 13.5. The molecule has 0 rings (SSSR count). The number of hydrogen-bond acceptors (Lipinski definition) is 7. The summed E-state index contributed by atoms with van der Waals surface area (Å²) in [5, 5.41) is 2.99. The topological polar surface area (TPSA) is 114 Å². The van der Waals surface area contributed by atoms with E-state index in [4.69, 9.17) is 13.8 Å². The Labute approximate surface area is 431 Å². The first-order chi connectivity index (χ1) is 33.9. The Morgan fingerprint density at radius 1 is 0.514 bits per heavy atom. The second kappa shape index (κ2) is 49.8. The quantitative estimate of drug-likeness (QED) is 0.0212. The van der Waals surface area contributed by atoms with Gasteiger partial charge in [0.15, 0.2) is 0 Å². The SMILES string of the molecule is CC/C=C\C/C=C\C/C=C\C/C=C\C/C=C\CCCC(=O)OC(/C=C/CCCCCCCCCCCCC)C(COP(=O)([O-])OCC[N+](C)(C)C)NC(=O)CCCCC/C=C\CCCCCCCCC. The van der Waals surface area contributed by atoms with Crippen LogP contribution in [0.4, 0.5) is 0 Å². The zero-order valence-corrected chi connectivity index (χ0v) is 46.8. The number of hydrogen-bond donors (Lipinski definition) is 1. The van der Waals surface area contributed by atoms with E-state index in [1.807, 2.05) is 27.2 Å². The van der Waals surface area contributed by atoms with Crippen molar-refractivity contribution >= 4 is 19.7 Å². The number of carbonyl (C=O) groups is 2. The Balaban J connectivity index is 5.51. The molecular formula is C60H107N2O7P. The molecule has 1 amide bonds. The fourth-order valence-electron chi connectivity index (χ4n) is 7.67. The highest BCUT2D eigenvalue weighted by molar-refractivity contribution is 7.45. The second-order valence-corrected chi connectivity index (χ2v) is 21.5. The van der Waals surface area contributed by atoms with Crippen molar-refractivity contribution in [1.82, 2.24) is 5.32 Å². The van der Waals surface area contributed by atoms with Crippen molar-refractivity contribution in [3.05, 3.63) is 85.1 Å². The number of nitrogens with zero attached hydrogens (tertiary/aromatic N) is 1. The predicted molar refractivity (Wildman–Crippen MR) is 298 cm³/mol. The molecule has 3 atom stereocenters. The summed E-state index contributed by atoms with van der Waals surface area (Å²) < 4.78 is 30.2. The minimum atomic E-state index is -4.71. The standard InChI is InChI=1S/C60H107N2O7P/c1-7-10-13-16-19-22-25-28-30-31-32-35-38-41-44-47-50-53-60(64)69-58(51-48-45-42-39-36-33-27-24-21-18-15-12-9-3)57(56-68-70(65,66)67-55-54-62(4,5)6)61-59(63)52-49-46-43-40-37-34-29-26-23-20-17-14-11-8-2/h10,13,19,22,28,30,32,34-35,37,41,44,48,51,57-58H,7-9,11-12,14-18,20-21,23-27,29,31,33,36,38-40,42-43,45-47,49-50,52-56H2,1-6H3,(H-,61,63,65,66)/b13-10-,22-19-,30-28-,35-32-,37-34-,44-41-,51-48+. The molecule has 404 valence electrons. The van der Waals surface area contributed by atoms with Crippen molar-refractivity contribution in [2.24, 2.45) is 0 Å². The first-order valence-corrected chi connectivity index (χ1v) is 29.9. The van der Waals surface area contributed by atoms with Gasteiger partial charge in [-0.3, -0.25) is 14.2 Å². The van der Waals surface area contributed by atoms with Gasteiger partial charge in [0.2, 0.25) is 5.91 Å². The molecule has 0 aromatic rings. The Morgan fingerprint density at radius 2 is 0.929 bits per heavy atom. The average Bonchev–Trinajstić information content (AvgIpc) is 3.32. The Kier molecular flexibility index (Phi) is 47.8. The molecule has 0 saturated carbocycles. The summed E-state index contributed by atoms with van der Waals surface area (Å²) >= 11 is 0. The van der Waals surface area contributed by atoms with E-state index in [1.54, 1.807) is 6.08 Å². The molecule has 0 aromatic carbocycles. The summed E-state index contributed by atoms with van der Waals surface area (Å²) in [7, 11) is 1.14. The summed E-state index contributed by atoms with van der Waals surface area (Å²) in [5.41, 5.74) is 0. The number of nitrogens with one attached hydrogen (secondary N) is 1. The van der Waals surface area contributed by atoms with Crippen LogP contribution in [0.3, 0.4) is 0 Å². The lowest BCUT2D eigenvalue weighted by atomic mass is 10.0. The first kappa shape index (κ1) is 67.2. The van der Waals surface area contributed by atoms with Crippen molar-refractivity contribution in [1.29, 1.82) is 0 Å². The summed E-state index contributed by atoms with van der Waals surface area (Å²) in [4.78, 5) is 39.8. The molecule has 10 heteroatoms. The molecule has 0 heterocycles. The number of unbranched alkanes of at least 4 members (excludes halogenated alkanes) is 22. The van der Waals surface area contributed by atoms with Gasteiger partial charge in [-0.2, -0.15) is 0 Å². The van der Waals surface area contributed by atoms with Gasteiger partial charge in [0, 0.05) is 12.8 Å². The van der Waals surface area contributed by atoms with Crippen LogP contribution in [-0.4, -0.2) is 69.4 Å². The van der Waals surface area contributed by atoms with Gasteiger partial charge in [0.25, 0.3) is 7.82 Å². The van der Waals surface area contributed by atoms with E-state index >= 15 is 0 Å². The number of rotatable bonds is 50. The van der Waals surface area contributed by atoms with Gasteiger partial charge >= 0.3 is 5.97 Å². The molecule has 0 aliphatic heterocycles. The number of phosphoric acid groups is 1. The molecular weight excluding hydrogens is 892 g/mol. The van der Waals surface area contributed by atoms with Crippen molar-refractivity contribution in [3.8, 4) is 0 Å². The summed E-state index contributed by atoms with van der Waals surface area (Å²) in [6.07, 6.45) is 64.1. The number of ether oxygens (including phenoxy) is 1. The summed E-state index contributed by atoms with van der Waals surface area (Å²) in [6, 6.07) is -0.921. The summed E-state index contributed by atoms with van der Waals surface area (Å²) in [5.74, 6) is -0.631. The zero-order chi connectivity index (χ0) is 51.5. The van der Waals surface area contributed by atoms with Crippen LogP contribution in [0.5, 0.6) is 0 Å². The maximum Gasteiger partial charge on any atom is 0.306 e. The van der Waals surface area contributed by atoms with E-state index in [9.17, 15) is 19.0 Å². The number of amides is 1. The van der Waals surface area contributed by atoms with Crippen LogP contribution in [0.1, 0.15) is 233 Å². The molecule has 3 unspecified atom stereocenters. The van der Waals surface area contributed by atoms with Gasteiger partial charge < -0.3 is 28.5 Å². The largest absolute Gasteiger partial charge is 0.756 e. The van der Waals surface area contributed by atoms with E-state index in [2.05, 4.69) is 99.0 Å². The molecule has 70 heavy (non-hydrogen) atoms. The van der Waals surface area contributed by atoms with Gasteiger partial charge in [0.1, 0.15) is 19.3 Å². The highest BCUT2D eigenvalue weighted by atomic mass is 31.2. The lowest BCUT2D eigenvalue weighted by Crippen LogP contribution is -2.47. The monoisotopic (exact) mass is 999 g/mol. The normalized spacial score (nSPS) is 14.4. The van der Waals surface area contributed by atoms with E-state index in [-0.39, 0.29) is 25.4 Å². The Hall–Kier alpha value is -2.81. The Bertz CT molecular complexity index is 1480. The van der Waals surface area contributed by atoms with E-state index in [0.29, 0.717) is 23.9 Å². The van der Waals surface area contributed by atoms with E-state index in [0.717, 1.165) is 83.5 Å². The van der Waals surface area contributed by atoms with Crippen LogP contribution in [0, 0.1) is 0 Å². The van der Waals surface area contributed by atoms with Crippen LogP contribution >= 0.6 is 7.82 Å². The number of quaternary nitrogens is 1. The third kappa shape index (κ3) is 50.1. The van der Waals surface area contributed by atoms with Gasteiger partial charge in [-0.15, -0.1) is 0 Å². The molecule has 0 spiro atoms. The highest BCUT2D eigenvalue weighted by Crippen LogP contribution is 2.38. The van der Waals surface area contributed by atoms with Crippen LogP contribution in [-0.2, 0) is 27.9 Å². The first-order valence-electron chi connectivity index (χ1n) is 28.4. The molecule has 0 radical (unpaired) electrons. The third-order valence-corrected chi connectivity index (χ3v) is 13.0. The number of phosphoric ester groups is 1. The summed E-state index contributed by atoms with van der Waals surface area (Å²) in [6.45, 7) is 6.66. The van der Waals surface area contributed by atoms with Crippen LogP contribution in [0.25, 0.3) is 0 Å². The average molecular weight is 999 g/mol. The van der Waals surface area contributed by atoms with Gasteiger partial charge in [-0.1, -0.05) is 209 Å². The molecule has 0 aromatic heterocycles.